The first kappa shape index (κ1) is 10.7. The molecule has 5 nitrogen and oxygen atoms in total. The average molecular weight is 195 g/mol. The van der Waals surface area contributed by atoms with Crippen LogP contribution in [0, 0.1) is 11.3 Å². The molecule has 0 bridgehead atoms. The van der Waals surface area contributed by atoms with Crippen molar-refractivity contribution in [3.8, 4) is 6.07 Å². The molecule has 2 amide bonds. The number of nitriles is 1. The van der Waals surface area contributed by atoms with Crippen molar-refractivity contribution in [2.75, 3.05) is 19.6 Å². The van der Waals surface area contributed by atoms with E-state index in [1.54, 1.807) is 4.90 Å². The third kappa shape index (κ3) is 3.54. The number of imide groups is 1. The van der Waals surface area contributed by atoms with Crippen molar-refractivity contribution in [3.05, 3.63) is 0 Å². The Balaban J connectivity index is 2.21. The van der Waals surface area contributed by atoms with E-state index >= 15 is 0 Å². The van der Waals surface area contributed by atoms with Crippen LogP contribution in [0.25, 0.3) is 0 Å². The standard InChI is InChI=1S/C9H13N3O2/c10-4-2-1-3-5-12-6-8(13)11-9(14)7-12/h1-3,5-7H2,(H,11,13,14). The van der Waals surface area contributed by atoms with Gasteiger partial charge in [-0.05, 0) is 19.4 Å². The van der Waals surface area contributed by atoms with Gasteiger partial charge in [0.25, 0.3) is 0 Å². The Bertz CT molecular complexity index is 254. The minimum absolute atomic E-state index is 0.235. The van der Waals surface area contributed by atoms with Gasteiger partial charge in [-0.25, -0.2) is 0 Å². The van der Waals surface area contributed by atoms with Crippen molar-refractivity contribution in [2.24, 2.45) is 0 Å². The summed E-state index contributed by atoms with van der Waals surface area (Å²) in [6.07, 6.45) is 2.21. The van der Waals surface area contributed by atoms with Gasteiger partial charge in [0.05, 0.1) is 19.2 Å². The summed E-state index contributed by atoms with van der Waals surface area (Å²) in [7, 11) is 0. The maximum atomic E-state index is 10.9. The summed E-state index contributed by atoms with van der Waals surface area (Å²) in [5, 5.41) is 10.5. The van der Waals surface area contributed by atoms with Crippen LogP contribution < -0.4 is 5.32 Å². The number of amides is 2. The maximum Gasteiger partial charge on any atom is 0.240 e. The molecule has 0 unspecified atom stereocenters. The number of hydrogen-bond acceptors (Lipinski definition) is 4. The highest BCUT2D eigenvalue weighted by Crippen LogP contribution is 2.00. The number of rotatable bonds is 4. The second-order valence-electron chi connectivity index (χ2n) is 3.30. The number of carbonyl (C=O) groups is 2. The number of nitrogens with one attached hydrogen (secondary N) is 1. The molecule has 1 N–H and O–H groups in total. The van der Waals surface area contributed by atoms with Crippen LogP contribution in [0.5, 0.6) is 0 Å². The highest BCUT2D eigenvalue weighted by Gasteiger charge is 2.21. The molecule has 0 aromatic carbocycles. The molecule has 0 atom stereocenters. The van der Waals surface area contributed by atoms with Gasteiger partial charge >= 0.3 is 0 Å². The monoisotopic (exact) mass is 195 g/mol. The van der Waals surface area contributed by atoms with E-state index in [1.807, 2.05) is 0 Å². The van der Waals surface area contributed by atoms with E-state index in [-0.39, 0.29) is 24.9 Å². The molecule has 1 saturated heterocycles. The lowest BCUT2D eigenvalue weighted by molar-refractivity contribution is -0.136. The molecule has 1 heterocycles. The second-order valence-corrected chi connectivity index (χ2v) is 3.30. The molecule has 0 aromatic rings. The first-order chi connectivity index (χ1) is 6.72. The second kappa shape index (κ2) is 5.35. The summed E-state index contributed by atoms with van der Waals surface area (Å²) in [4.78, 5) is 23.7. The van der Waals surface area contributed by atoms with E-state index in [4.69, 9.17) is 5.26 Å². The predicted molar refractivity (Wildman–Crippen MR) is 49.1 cm³/mol. The third-order valence-electron chi connectivity index (χ3n) is 2.03. The molecule has 1 aliphatic heterocycles. The Morgan fingerprint density at radius 1 is 1.29 bits per heavy atom. The van der Waals surface area contributed by atoms with Crippen LogP contribution >= 0.6 is 0 Å². The van der Waals surface area contributed by atoms with Gasteiger partial charge in [0.2, 0.25) is 11.8 Å². The fraction of sp³-hybridized carbons (Fsp3) is 0.667. The molecule has 5 heteroatoms. The molecule has 0 saturated carbocycles. The summed E-state index contributed by atoms with van der Waals surface area (Å²) in [6, 6.07) is 2.06. The van der Waals surface area contributed by atoms with E-state index in [1.165, 1.54) is 0 Å². The van der Waals surface area contributed by atoms with E-state index < -0.39 is 0 Å². The molecule has 1 aliphatic rings. The lowest BCUT2D eigenvalue weighted by atomic mass is 10.2. The topological polar surface area (TPSA) is 73.2 Å². The molecule has 76 valence electrons. The van der Waals surface area contributed by atoms with Gasteiger partial charge in [-0.15, -0.1) is 0 Å². The molecule has 0 radical (unpaired) electrons. The lowest BCUT2D eigenvalue weighted by Crippen LogP contribution is -2.51. The van der Waals surface area contributed by atoms with Crippen LogP contribution in [-0.2, 0) is 9.59 Å². The zero-order valence-electron chi connectivity index (χ0n) is 7.95. The van der Waals surface area contributed by atoms with Crippen LogP contribution in [0.4, 0.5) is 0 Å². The average Bonchev–Trinajstić information content (AvgIpc) is 2.11. The number of hydrogen-bond donors (Lipinski definition) is 1. The van der Waals surface area contributed by atoms with Gasteiger partial charge in [-0.1, -0.05) is 0 Å². The number of unbranched alkanes of at least 4 members (excludes halogenated alkanes) is 2. The van der Waals surface area contributed by atoms with Crippen molar-refractivity contribution in [1.29, 1.82) is 5.26 Å². The minimum atomic E-state index is -0.235. The van der Waals surface area contributed by atoms with Gasteiger partial charge in [0.15, 0.2) is 0 Å². The lowest BCUT2D eigenvalue weighted by Gasteiger charge is -2.24. The van der Waals surface area contributed by atoms with Crippen LogP contribution in [0.3, 0.4) is 0 Å². The SMILES string of the molecule is N#CCCCCN1CC(=O)NC(=O)C1. The first-order valence-corrected chi connectivity index (χ1v) is 4.64. The molecular formula is C9H13N3O2. The van der Waals surface area contributed by atoms with Crippen LogP contribution in [0.15, 0.2) is 0 Å². The molecule has 0 aliphatic carbocycles. The molecular weight excluding hydrogens is 182 g/mol. The highest BCUT2D eigenvalue weighted by atomic mass is 16.2. The molecule has 0 spiro atoms. The van der Waals surface area contributed by atoms with Crippen LogP contribution in [-0.4, -0.2) is 36.3 Å². The summed E-state index contributed by atoms with van der Waals surface area (Å²) < 4.78 is 0. The Labute approximate surface area is 82.7 Å². The highest BCUT2D eigenvalue weighted by molar-refractivity contribution is 5.99. The fourth-order valence-corrected chi connectivity index (χ4v) is 1.39. The maximum absolute atomic E-state index is 10.9. The van der Waals surface area contributed by atoms with Gasteiger partial charge in [0, 0.05) is 6.42 Å². The summed E-state index contributed by atoms with van der Waals surface area (Å²) in [5.41, 5.74) is 0. The van der Waals surface area contributed by atoms with E-state index in [0.29, 0.717) is 13.0 Å². The Morgan fingerprint density at radius 2 is 1.93 bits per heavy atom. The summed E-state index contributed by atoms with van der Waals surface area (Å²) in [5.74, 6) is -0.469. The summed E-state index contributed by atoms with van der Waals surface area (Å²) in [6.45, 7) is 1.29. The van der Waals surface area contributed by atoms with E-state index in [0.717, 1.165) is 12.8 Å². The number of nitrogens with zero attached hydrogens (tertiary/aromatic N) is 2. The number of piperazine rings is 1. The van der Waals surface area contributed by atoms with Crippen molar-refractivity contribution in [3.63, 3.8) is 0 Å². The largest absolute Gasteiger partial charge is 0.294 e. The van der Waals surface area contributed by atoms with Crippen molar-refractivity contribution >= 4 is 11.8 Å². The first-order valence-electron chi connectivity index (χ1n) is 4.64. The predicted octanol–water partition coefficient (Wildman–Crippen LogP) is -0.361. The van der Waals surface area contributed by atoms with Crippen molar-refractivity contribution in [2.45, 2.75) is 19.3 Å². The molecule has 1 fully saturated rings. The molecule has 1 rings (SSSR count). The van der Waals surface area contributed by atoms with Crippen LogP contribution in [0.1, 0.15) is 19.3 Å². The number of carbonyl (C=O) groups excluding carboxylic acids is 2. The van der Waals surface area contributed by atoms with Gasteiger partial charge in [0.1, 0.15) is 0 Å². The fourth-order valence-electron chi connectivity index (χ4n) is 1.39. The van der Waals surface area contributed by atoms with Crippen LogP contribution in [0.2, 0.25) is 0 Å². The quantitative estimate of drug-likeness (QED) is 0.491. The van der Waals surface area contributed by atoms with E-state index in [2.05, 4.69) is 11.4 Å². The molecule has 0 aromatic heterocycles. The summed E-state index contributed by atoms with van der Waals surface area (Å²) >= 11 is 0. The van der Waals surface area contributed by atoms with Gasteiger partial charge < -0.3 is 0 Å². The normalized spacial score (nSPS) is 17.6. The van der Waals surface area contributed by atoms with Gasteiger partial charge in [-0.2, -0.15) is 5.26 Å². The zero-order chi connectivity index (χ0) is 10.4. The van der Waals surface area contributed by atoms with E-state index in [9.17, 15) is 9.59 Å². The molecule has 14 heavy (non-hydrogen) atoms. The van der Waals surface area contributed by atoms with Gasteiger partial charge in [-0.3, -0.25) is 19.8 Å². The van der Waals surface area contributed by atoms with Crippen molar-refractivity contribution in [1.82, 2.24) is 10.2 Å². The third-order valence-corrected chi connectivity index (χ3v) is 2.03. The Kier molecular flexibility index (Phi) is 4.08. The van der Waals surface area contributed by atoms with Crippen molar-refractivity contribution < 1.29 is 9.59 Å². The Hall–Kier alpha value is -1.41. The minimum Gasteiger partial charge on any atom is -0.294 e. The Morgan fingerprint density at radius 3 is 2.50 bits per heavy atom. The zero-order valence-corrected chi connectivity index (χ0v) is 7.95. The smallest absolute Gasteiger partial charge is 0.240 e.